The number of nitrogens with one attached hydrogen (secondary N) is 1. The second-order valence-corrected chi connectivity index (χ2v) is 6.47. The Morgan fingerprint density at radius 3 is 2.06 bits per heavy atom. The van der Waals surface area contributed by atoms with Crippen molar-refractivity contribution in [2.45, 2.75) is 51.5 Å². The number of hydrogen-bond donors (Lipinski definition) is 1. The van der Waals surface area contributed by atoms with Gasteiger partial charge in [-0.2, -0.15) is 0 Å². The normalized spacial score (nSPS) is 27.9. The molecule has 3 rings (SSSR count). The summed E-state index contributed by atoms with van der Waals surface area (Å²) >= 11 is 0. The maximum absolute atomic E-state index is 3.60. The van der Waals surface area contributed by atoms with Gasteiger partial charge in [0, 0.05) is 12.6 Å². The predicted octanol–water partition coefficient (Wildman–Crippen LogP) is 2.50. The molecule has 0 bridgehead atoms. The summed E-state index contributed by atoms with van der Waals surface area (Å²) in [6.07, 6.45) is 8.89. The molecular weight excluding hydrogens is 208 g/mol. The molecule has 0 unspecified atom stereocenters. The van der Waals surface area contributed by atoms with Crippen LogP contribution in [0.5, 0.6) is 0 Å². The monoisotopic (exact) mass is 236 g/mol. The molecule has 2 aliphatic carbocycles. The Balaban J connectivity index is 1.43. The van der Waals surface area contributed by atoms with Gasteiger partial charge in [-0.3, -0.25) is 0 Å². The molecular formula is C15H28N2. The Morgan fingerprint density at radius 1 is 1.00 bits per heavy atom. The van der Waals surface area contributed by atoms with Gasteiger partial charge in [-0.1, -0.05) is 6.92 Å². The van der Waals surface area contributed by atoms with Crippen molar-refractivity contribution < 1.29 is 0 Å². The molecule has 1 N–H and O–H groups in total. The number of piperidine rings is 1. The van der Waals surface area contributed by atoms with Gasteiger partial charge in [-0.05, 0) is 75.9 Å². The highest BCUT2D eigenvalue weighted by molar-refractivity contribution is 4.93. The summed E-state index contributed by atoms with van der Waals surface area (Å²) in [5, 5.41) is 3.60. The van der Waals surface area contributed by atoms with Gasteiger partial charge in [-0.25, -0.2) is 0 Å². The van der Waals surface area contributed by atoms with Gasteiger partial charge >= 0.3 is 0 Å². The number of likely N-dealkylation sites (tertiary alicyclic amines) is 1. The van der Waals surface area contributed by atoms with Crippen molar-refractivity contribution in [1.29, 1.82) is 0 Å². The summed E-state index contributed by atoms with van der Waals surface area (Å²) in [5.41, 5.74) is 0. The lowest BCUT2D eigenvalue weighted by atomic mass is 9.95. The fraction of sp³-hybridized carbons (Fsp3) is 1.00. The maximum Gasteiger partial charge on any atom is 0.00912 e. The van der Waals surface area contributed by atoms with E-state index < -0.39 is 0 Å². The standard InChI is InChI=1S/C15H28N2/c1-2-16-14-7-9-17(10-8-14)11-15(12-3-4-12)13-5-6-13/h12-16H,2-11H2,1H3. The van der Waals surface area contributed by atoms with Crippen LogP contribution in [0.2, 0.25) is 0 Å². The van der Waals surface area contributed by atoms with Crippen LogP contribution in [-0.2, 0) is 0 Å². The van der Waals surface area contributed by atoms with E-state index in [2.05, 4.69) is 17.1 Å². The van der Waals surface area contributed by atoms with Crippen LogP contribution in [0, 0.1) is 17.8 Å². The summed E-state index contributed by atoms with van der Waals surface area (Å²) in [6, 6.07) is 0.802. The number of hydrogen-bond acceptors (Lipinski definition) is 2. The topological polar surface area (TPSA) is 15.3 Å². The van der Waals surface area contributed by atoms with Gasteiger partial charge in [0.25, 0.3) is 0 Å². The number of nitrogens with zero attached hydrogens (tertiary/aromatic N) is 1. The second-order valence-electron chi connectivity index (χ2n) is 6.47. The van der Waals surface area contributed by atoms with Crippen molar-refractivity contribution in [2.75, 3.05) is 26.2 Å². The third kappa shape index (κ3) is 3.23. The van der Waals surface area contributed by atoms with Crippen LogP contribution in [-0.4, -0.2) is 37.1 Å². The Hall–Kier alpha value is -0.0800. The van der Waals surface area contributed by atoms with E-state index in [4.69, 9.17) is 0 Å². The molecule has 1 heterocycles. The van der Waals surface area contributed by atoms with Gasteiger partial charge in [-0.15, -0.1) is 0 Å². The van der Waals surface area contributed by atoms with E-state index in [-0.39, 0.29) is 0 Å². The van der Waals surface area contributed by atoms with Gasteiger partial charge in [0.1, 0.15) is 0 Å². The zero-order valence-electron chi connectivity index (χ0n) is 11.3. The van der Waals surface area contributed by atoms with Crippen LogP contribution in [0.25, 0.3) is 0 Å². The first-order valence-corrected chi connectivity index (χ1v) is 7.82. The quantitative estimate of drug-likeness (QED) is 0.762. The van der Waals surface area contributed by atoms with Gasteiger partial charge in [0.15, 0.2) is 0 Å². The minimum absolute atomic E-state index is 0.802. The van der Waals surface area contributed by atoms with E-state index in [0.29, 0.717) is 0 Å². The van der Waals surface area contributed by atoms with Crippen molar-refractivity contribution >= 4 is 0 Å². The molecule has 0 aromatic carbocycles. The summed E-state index contributed by atoms with van der Waals surface area (Å²) < 4.78 is 0. The molecule has 2 heteroatoms. The molecule has 0 aromatic rings. The van der Waals surface area contributed by atoms with Gasteiger partial charge < -0.3 is 10.2 Å². The Bertz CT molecular complexity index is 225. The summed E-state index contributed by atoms with van der Waals surface area (Å²) in [4.78, 5) is 2.76. The van der Waals surface area contributed by atoms with Crippen molar-refractivity contribution in [2.24, 2.45) is 17.8 Å². The highest BCUT2D eigenvalue weighted by atomic mass is 15.1. The third-order valence-electron chi connectivity index (χ3n) is 5.00. The highest BCUT2D eigenvalue weighted by Crippen LogP contribution is 2.49. The molecule has 0 amide bonds. The van der Waals surface area contributed by atoms with Crippen LogP contribution in [0.1, 0.15) is 45.4 Å². The molecule has 3 fully saturated rings. The van der Waals surface area contributed by atoms with E-state index in [9.17, 15) is 0 Å². The third-order valence-corrected chi connectivity index (χ3v) is 5.00. The largest absolute Gasteiger partial charge is 0.314 e. The average molecular weight is 236 g/mol. The summed E-state index contributed by atoms with van der Waals surface area (Å²) in [7, 11) is 0. The molecule has 0 spiro atoms. The molecule has 3 aliphatic rings. The maximum atomic E-state index is 3.60. The molecule has 1 saturated heterocycles. The van der Waals surface area contributed by atoms with E-state index in [1.807, 2.05) is 0 Å². The zero-order valence-corrected chi connectivity index (χ0v) is 11.3. The lowest BCUT2D eigenvalue weighted by Crippen LogP contribution is -2.44. The van der Waals surface area contributed by atoms with Crippen LogP contribution < -0.4 is 5.32 Å². The molecule has 0 atom stereocenters. The highest BCUT2D eigenvalue weighted by Gasteiger charge is 2.42. The van der Waals surface area contributed by atoms with Crippen molar-refractivity contribution in [3.63, 3.8) is 0 Å². The molecule has 0 radical (unpaired) electrons. The summed E-state index contributed by atoms with van der Waals surface area (Å²) in [5.74, 6) is 3.31. The lowest BCUT2D eigenvalue weighted by Gasteiger charge is -2.34. The smallest absolute Gasteiger partial charge is 0.00912 e. The molecule has 17 heavy (non-hydrogen) atoms. The van der Waals surface area contributed by atoms with E-state index in [0.717, 1.165) is 30.3 Å². The first-order chi connectivity index (χ1) is 8.36. The number of rotatable bonds is 6. The Morgan fingerprint density at radius 2 is 1.59 bits per heavy atom. The van der Waals surface area contributed by atoms with Gasteiger partial charge in [0.2, 0.25) is 0 Å². The van der Waals surface area contributed by atoms with Crippen LogP contribution in [0.15, 0.2) is 0 Å². The van der Waals surface area contributed by atoms with Gasteiger partial charge in [0.05, 0.1) is 0 Å². The van der Waals surface area contributed by atoms with Crippen LogP contribution >= 0.6 is 0 Å². The molecule has 98 valence electrons. The summed E-state index contributed by atoms with van der Waals surface area (Å²) in [6.45, 7) is 7.47. The fourth-order valence-corrected chi connectivity index (χ4v) is 3.64. The van der Waals surface area contributed by atoms with Crippen molar-refractivity contribution in [3.8, 4) is 0 Å². The van der Waals surface area contributed by atoms with E-state index >= 15 is 0 Å². The Labute approximate surface area is 106 Å². The Kier molecular flexibility index (Phi) is 3.72. The first-order valence-electron chi connectivity index (χ1n) is 7.82. The van der Waals surface area contributed by atoms with E-state index in [1.54, 1.807) is 0 Å². The minimum atomic E-state index is 0.802. The van der Waals surface area contributed by atoms with Crippen LogP contribution in [0.4, 0.5) is 0 Å². The minimum Gasteiger partial charge on any atom is -0.314 e. The molecule has 0 aromatic heterocycles. The van der Waals surface area contributed by atoms with Crippen molar-refractivity contribution in [3.05, 3.63) is 0 Å². The van der Waals surface area contributed by atoms with E-state index in [1.165, 1.54) is 58.2 Å². The SMILES string of the molecule is CCNC1CCN(CC(C2CC2)C2CC2)CC1. The molecule has 2 nitrogen and oxygen atoms in total. The lowest BCUT2D eigenvalue weighted by molar-refractivity contribution is 0.156. The average Bonchev–Trinajstić information content (AvgIpc) is 3.21. The van der Waals surface area contributed by atoms with Crippen LogP contribution in [0.3, 0.4) is 0 Å². The van der Waals surface area contributed by atoms with Crippen molar-refractivity contribution in [1.82, 2.24) is 10.2 Å². The second kappa shape index (κ2) is 5.27. The predicted molar refractivity (Wildman–Crippen MR) is 72.1 cm³/mol. The first kappa shape index (κ1) is 12.0. The molecule has 1 aliphatic heterocycles. The zero-order chi connectivity index (χ0) is 11.7. The fourth-order valence-electron chi connectivity index (χ4n) is 3.64. The molecule has 2 saturated carbocycles.